The van der Waals surface area contributed by atoms with Crippen molar-refractivity contribution in [1.29, 1.82) is 0 Å². The average molecular weight is 273 g/mol. The summed E-state index contributed by atoms with van der Waals surface area (Å²) in [6, 6.07) is 10.4. The molecule has 0 spiro atoms. The SMILES string of the molecule is COc1cccc(C(N)c2ccc3c(c2)COC3)c1F. The van der Waals surface area contributed by atoms with Crippen molar-refractivity contribution in [2.75, 3.05) is 7.11 Å². The van der Waals surface area contributed by atoms with Crippen LogP contribution in [-0.2, 0) is 18.0 Å². The molecule has 4 heteroatoms. The molecule has 1 atom stereocenters. The van der Waals surface area contributed by atoms with Crippen LogP contribution < -0.4 is 10.5 Å². The molecule has 0 fully saturated rings. The highest BCUT2D eigenvalue weighted by Crippen LogP contribution is 2.30. The number of hydrogen-bond acceptors (Lipinski definition) is 3. The van der Waals surface area contributed by atoms with Crippen LogP contribution in [0.15, 0.2) is 36.4 Å². The molecule has 20 heavy (non-hydrogen) atoms. The van der Waals surface area contributed by atoms with E-state index < -0.39 is 11.9 Å². The molecule has 0 radical (unpaired) electrons. The van der Waals surface area contributed by atoms with Crippen molar-refractivity contribution in [3.05, 3.63) is 64.5 Å². The fourth-order valence-electron chi connectivity index (χ4n) is 2.49. The molecule has 3 nitrogen and oxygen atoms in total. The van der Waals surface area contributed by atoms with Crippen molar-refractivity contribution in [2.45, 2.75) is 19.3 Å². The second kappa shape index (κ2) is 5.23. The summed E-state index contributed by atoms with van der Waals surface area (Å²) in [6.07, 6.45) is 0. The second-order valence-corrected chi connectivity index (χ2v) is 4.86. The fourth-order valence-corrected chi connectivity index (χ4v) is 2.49. The van der Waals surface area contributed by atoms with Crippen molar-refractivity contribution in [3.63, 3.8) is 0 Å². The van der Waals surface area contributed by atoms with Gasteiger partial charge in [0.2, 0.25) is 0 Å². The maximum absolute atomic E-state index is 14.3. The van der Waals surface area contributed by atoms with E-state index >= 15 is 0 Å². The lowest BCUT2D eigenvalue weighted by atomic mass is 9.96. The quantitative estimate of drug-likeness (QED) is 0.935. The van der Waals surface area contributed by atoms with Crippen LogP contribution >= 0.6 is 0 Å². The maximum atomic E-state index is 14.3. The molecule has 2 N–H and O–H groups in total. The highest BCUT2D eigenvalue weighted by molar-refractivity contribution is 5.41. The van der Waals surface area contributed by atoms with Crippen molar-refractivity contribution >= 4 is 0 Å². The third-order valence-corrected chi connectivity index (χ3v) is 3.65. The standard InChI is InChI=1S/C16H16FNO2/c1-19-14-4-2-3-13(15(14)17)16(18)10-5-6-11-8-20-9-12(11)7-10/h2-7,16H,8-9,18H2,1H3. The molecule has 1 heterocycles. The van der Waals surface area contributed by atoms with Crippen LogP contribution in [0.2, 0.25) is 0 Å². The number of fused-ring (bicyclic) bond motifs is 1. The molecule has 0 aromatic heterocycles. The van der Waals surface area contributed by atoms with Crippen molar-refractivity contribution in [1.82, 2.24) is 0 Å². The van der Waals surface area contributed by atoms with Crippen molar-refractivity contribution < 1.29 is 13.9 Å². The lowest BCUT2D eigenvalue weighted by Gasteiger charge is -2.16. The van der Waals surface area contributed by atoms with Crippen LogP contribution in [0.5, 0.6) is 5.75 Å². The predicted molar refractivity (Wildman–Crippen MR) is 73.9 cm³/mol. The van der Waals surface area contributed by atoms with Crippen LogP contribution in [0.25, 0.3) is 0 Å². The Morgan fingerprint density at radius 2 is 2.00 bits per heavy atom. The number of ether oxygens (including phenoxy) is 2. The van der Waals surface area contributed by atoms with Gasteiger partial charge in [0, 0.05) is 5.56 Å². The third-order valence-electron chi connectivity index (χ3n) is 3.65. The van der Waals surface area contributed by atoms with Crippen LogP contribution in [-0.4, -0.2) is 7.11 Å². The Morgan fingerprint density at radius 1 is 1.20 bits per heavy atom. The molecule has 1 unspecified atom stereocenters. The smallest absolute Gasteiger partial charge is 0.170 e. The minimum atomic E-state index is -0.518. The van der Waals surface area contributed by atoms with Gasteiger partial charge in [-0.1, -0.05) is 30.3 Å². The highest BCUT2D eigenvalue weighted by Gasteiger charge is 2.19. The molecule has 2 aromatic carbocycles. The van der Waals surface area contributed by atoms with Gasteiger partial charge < -0.3 is 15.2 Å². The van der Waals surface area contributed by atoms with Crippen LogP contribution in [0.1, 0.15) is 28.3 Å². The summed E-state index contributed by atoms with van der Waals surface area (Å²) in [5.74, 6) is -0.193. The molecule has 0 saturated heterocycles. The average Bonchev–Trinajstić information content (AvgIpc) is 2.94. The van der Waals surface area contributed by atoms with Gasteiger partial charge >= 0.3 is 0 Å². The largest absolute Gasteiger partial charge is 0.494 e. The Labute approximate surface area is 117 Å². The monoisotopic (exact) mass is 273 g/mol. The van der Waals surface area contributed by atoms with E-state index in [-0.39, 0.29) is 5.75 Å². The zero-order valence-electron chi connectivity index (χ0n) is 11.2. The number of hydrogen-bond donors (Lipinski definition) is 1. The van der Waals surface area contributed by atoms with E-state index in [2.05, 4.69) is 0 Å². The van der Waals surface area contributed by atoms with E-state index in [0.717, 1.165) is 11.1 Å². The van der Waals surface area contributed by atoms with E-state index in [9.17, 15) is 4.39 Å². The molecule has 3 rings (SSSR count). The number of nitrogens with two attached hydrogens (primary N) is 1. The van der Waals surface area contributed by atoms with Gasteiger partial charge in [0.1, 0.15) is 0 Å². The van der Waals surface area contributed by atoms with Gasteiger partial charge in [0.25, 0.3) is 0 Å². The zero-order valence-corrected chi connectivity index (χ0v) is 11.2. The summed E-state index contributed by atoms with van der Waals surface area (Å²) in [5.41, 5.74) is 9.81. The second-order valence-electron chi connectivity index (χ2n) is 4.86. The molecular formula is C16H16FNO2. The van der Waals surface area contributed by atoms with E-state index in [0.29, 0.717) is 18.8 Å². The number of halogens is 1. The number of benzene rings is 2. The first kappa shape index (κ1) is 13.1. The molecule has 2 aromatic rings. The zero-order chi connectivity index (χ0) is 14.1. The first-order valence-electron chi connectivity index (χ1n) is 6.48. The minimum absolute atomic E-state index is 0.211. The summed E-state index contributed by atoms with van der Waals surface area (Å²) in [6.45, 7) is 1.23. The van der Waals surface area contributed by atoms with E-state index in [1.807, 2.05) is 18.2 Å². The summed E-state index contributed by atoms with van der Waals surface area (Å²) < 4.78 is 24.6. The Hall–Kier alpha value is -1.91. The summed E-state index contributed by atoms with van der Waals surface area (Å²) in [5, 5.41) is 0. The van der Waals surface area contributed by atoms with Gasteiger partial charge in [-0.2, -0.15) is 0 Å². The molecule has 0 aliphatic carbocycles. The van der Waals surface area contributed by atoms with Crippen LogP contribution in [0, 0.1) is 5.82 Å². The fraction of sp³-hybridized carbons (Fsp3) is 0.250. The Bertz CT molecular complexity index is 642. The van der Waals surface area contributed by atoms with E-state index in [1.165, 1.54) is 12.7 Å². The molecule has 1 aliphatic heterocycles. The van der Waals surface area contributed by atoms with Crippen molar-refractivity contribution in [2.24, 2.45) is 5.73 Å². The molecule has 0 amide bonds. The highest BCUT2D eigenvalue weighted by atomic mass is 19.1. The maximum Gasteiger partial charge on any atom is 0.170 e. The Morgan fingerprint density at radius 3 is 2.80 bits per heavy atom. The Balaban J connectivity index is 1.98. The molecule has 1 aliphatic rings. The van der Waals surface area contributed by atoms with Gasteiger partial charge in [-0.05, 0) is 22.8 Å². The summed E-state index contributed by atoms with van der Waals surface area (Å²) in [7, 11) is 1.44. The van der Waals surface area contributed by atoms with Gasteiger partial charge in [-0.25, -0.2) is 4.39 Å². The van der Waals surface area contributed by atoms with E-state index in [1.54, 1.807) is 18.2 Å². The molecule has 0 bridgehead atoms. The van der Waals surface area contributed by atoms with Crippen LogP contribution in [0.4, 0.5) is 4.39 Å². The Kier molecular flexibility index (Phi) is 3.42. The molecular weight excluding hydrogens is 257 g/mol. The normalized spacial score (nSPS) is 14.9. The first-order chi connectivity index (χ1) is 9.70. The lowest BCUT2D eigenvalue weighted by molar-refractivity contribution is 0.134. The topological polar surface area (TPSA) is 44.5 Å². The van der Waals surface area contributed by atoms with Gasteiger partial charge in [-0.3, -0.25) is 0 Å². The number of methoxy groups -OCH3 is 1. The number of rotatable bonds is 3. The van der Waals surface area contributed by atoms with E-state index in [4.69, 9.17) is 15.2 Å². The third kappa shape index (κ3) is 2.17. The first-order valence-corrected chi connectivity index (χ1v) is 6.48. The minimum Gasteiger partial charge on any atom is -0.494 e. The summed E-state index contributed by atoms with van der Waals surface area (Å²) in [4.78, 5) is 0. The summed E-state index contributed by atoms with van der Waals surface area (Å²) >= 11 is 0. The predicted octanol–water partition coefficient (Wildman–Crippen LogP) is 2.91. The molecule has 104 valence electrons. The lowest BCUT2D eigenvalue weighted by Crippen LogP contribution is -2.14. The van der Waals surface area contributed by atoms with Gasteiger partial charge in [-0.15, -0.1) is 0 Å². The van der Waals surface area contributed by atoms with Crippen LogP contribution in [0.3, 0.4) is 0 Å². The van der Waals surface area contributed by atoms with Gasteiger partial charge in [0.15, 0.2) is 11.6 Å². The van der Waals surface area contributed by atoms with Crippen molar-refractivity contribution in [3.8, 4) is 5.75 Å². The molecule has 0 saturated carbocycles. The van der Waals surface area contributed by atoms with Gasteiger partial charge in [0.05, 0.1) is 26.4 Å².